The standard InChI is InChI=1S/C12H14O3/c1-8-6-11(10(3)14)4-5-12(8)15-7-9(2)13/h4-6H,7H2,1-3H3. The van der Waals surface area contributed by atoms with Crippen LogP contribution in [0.4, 0.5) is 0 Å². The predicted molar refractivity (Wildman–Crippen MR) is 57.4 cm³/mol. The molecule has 3 nitrogen and oxygen atoms in total. The highest BCUT2D eigenvalue weighted by Gasteiger charge is 2.04. The molecule has 0 aliphatic carbocycles. The molecule has 0 amide bonds. The van der Waals surface area contributed by atoms with Gasteiger partial charge < -0.3 is 4.74 Å². The van der Waals surface area contributed by atoms with Gasteiger partial charge in [0.05, 0.1) is 0 Å². The maximum absolute atomic E-state index is 11.1. The molecule has 0 bridgehead atoms. The van der Waals surface area contributed by atoms with E-state index in [0.29, 0.717) is 11.3 Å². The van der Waals surface area contributed by atoms with E-state index in [0.717, 1.165) is 5.56 Å². The first-order chi connectivity index (χ1) is 7.00. The Morgan fingerprint density at radius 3 is 2.40 bits per heavy atom. The van der Waals surface area contributed by atoms with E-state index in [2.05, 4.69) is 0 Å². The van der Waals surface area contributed by atoms with Crippen molar-refractivity contribution in [3.63, 3.8) is 0 Å². The Hall–Kier alpha value is -1.64. The first-order valence-electron chi connectivity index (χ1n) is 4.74. The predicted octanol–water partition coefficient (Wildman–Crippen LogP) is 2.17. The van der Waals surface area contributed by atoms with Crippen molar-refractivity contribution in [1.29, 1.82) is 0 Å². The Bertz CT molecular complexity index is 394. The molecule has 1 rings (SSSR count). The number of hydrogen-bond acceptors (Lipinski definition) is 3. The van der Waals surface area contributed by atoms with Gasteiger partial charge in [-0.2, -0.15) is 0 Å². The second-order valence-electron chi connectivity index (χ2n) is 3.53. The molecule has 0 saturated carbocycles. The largest absolute Gasteiger partial charge is 0.486 e. The molecule has 3 heteroatoms. The number of carbonyl (C=O) groups is 2. The SMILES string of the molecule is CC(=O)COc1ccc(C(C)=O)cc1C. The van der Waals surface area contributed by atoms with Gasteiger partial charge in [0, 0.05) is 5.56 Å². The van der Waals surface area contributed by atoms with Gasteiger partial charge in [-0.1, -0.05) is 0 Å². The van der Waals surface area contributed by atoms with Crippen LogP contribution in [0.3, 0.4) is 0 Å². The lowest BCUT2D eigenvalue weighted by atomic mass is 10.1. The normalized spacial score (nSPS) is 9.80. The van der Waals surface area contributed by atoms with Crippen LogP contribution in [0, 0.1) is 6.92 Å². The molecule has 0 N–H and O–H groups in total. The molecule has 1 aromatic carbocycles. The Labute approximate surface area is 89.1 Å². The van der Waals surface area contributed by atoms with Gasteiger partial charge in [-0.05, 0) is 44.5 Å². The zero-order chi connectivity index (χ0) is 11.4. The third-order valence-corrected chi connectivity index (χ3v) is 2.01. The Morgan fingerprint density at radius 2 is 1.93 bits per heavy atom. The second kappa shape index (κ2) is 4.73. The van der Waals surface area contributed by atoms with Crippen molar-refractivity contribution in [2.45, 2.75) is 20.8 Å². The third kappa shape index (κ3) is 3.20. The van der Waals surface area contributed by atoms with Crippen molar-refractivity contribution in [2.75, 3.05) is 6.61 Å². The molecule has 0 aliphatic rings. The summed E-state index contributed by atoms with van der Waals surface area (Å²) in [5.41, 5.74) is 1.52. The fourth-order valence-corrected chi connectivity index (χ4v) is 1.21. The van der Waals surface area contributed by atoms with Crippen molar-refractivity contribution in [3.05, 3.63) is 29.3 Å². The lowest BCUT2D eigenvalue weighted by Crippen LogP contribution is -2.07. The number of benzene rings is 1. The molecule has 80 valence electrons. The van der Waals surface area contributed by atoms with E-state index in [1.165, 1.54) is 13.8 Å². The van der Waals surface area contributed by atoms with Gasteiger partial charge >= 0.3 is 0 Å². The molecule has 0 saturated heterocycles. The molecule has 0 heterocycles. The van der Waals surface area contributed by atoms with Gasteiger partial charge in [0.15, 0.2) is 11.6 Å². The van der Waals surface area contributed by atoms with E-state index in [1.54, 1.807) is 18.2 Å². The zero-order valence-corrected chi connectivity index (χ0v) is 9.16. The first kappa shape index (κ1) is 11.4. The van der Waals surface area contributed by atoms with Crippen LogP contribution in [0.15, 0.2) is 18.2 Å². The fraction of sp³-hybridized carbons (Fsp3) is 0.333. The van der Waals surface area contributed by atoms with E-state index in [9.17, 15) is 9.59 Å². The molecule has 0 spiro atoms. The van der Waals surface area contributed by atoms with Crippen LogP contribution in [0.25, 0.3) is 0 Å². The van der Waals surface area contributed by atoms with E-state index in [4.69, 9.17) is 4.74 Å². The summed E-state index contributed by atoms with van der Waals surface area (Å²) < 4.78 is 5.27. The third-order valence-electron chi connectivity index (χ3n) is 2.01. The number of ketones is 2. The van der Waals surface area contributed by atoms with Crippen LogP contribution in [0.5, 0.6) is 5.75 Å². The number of Topliss-reactive ketones (excluding diaryl/α,β-unsaturated/α-hetero) is 2. The van der Waals surface area contributed by atoms with Gasteiger partial charge in [-0.15, -0.1) is 0 Å². The van der Waals surface area contributed by atoms with Gasteiger partial charge in [0.25, 0.3) is 0 Å². The number of aryl methyl sites for hydroxylation is 1. The van der Waals surface area contributed by atoms with Crippen molar-refractivity contribution < 1.29 is 14.3 Å². The average molecular weight is 206 g/mol. The lowest BCUT2D eigenvalue weighted by Gasteiger charge is -2.08. The average Bonchev–Trinajstić information content (AvgIpc) is 2.15. The van der Waals surface area contributed by atoms with Crippen LogP contribution < -0.4 is 4.74 Å². The molecule has 0 aliphatic heterocycles. The molecule has 15 heavy (non-hydrogen) atoms. The van der Waals surface area contributed by atoms with Crippen LogP contribution in [0.2, 0.25) is 0 Å². The quantitative estimate of drug-likeness (QED) is 0.709. The van der Waals surface area contributed by atoms with Crippen LogP contribution in [0.1, 0.15) is 29.8 Å². The summed E-state index contributed by atoms with van der Waals surface area (Å²) in [5.74, 6) is 0.650. The summed E-state index contributed by atoms with van der Waals surface area (Å²) in [6.45, 7) is 4.91. The highest BCUT2D eigenvalue weighted by molar-refractivity contribution is 5.94. The molecule has 1 aromatic rings. The Kier molecular flexibility index (Phi) is 3.61. The van der Waals surface area contributed by atoms with Crippen LogP contribution in [-0.2, 0) is 4.79 Å². The topological polar surface area (TPSA) is 43.4 Å². The van der Waals surface area contributed by atoms with E-state index in [1.807, 2.05) is 6.92 Å². The molecule has 0 atom stereocenters. The smallest absolute Gasteiger partial charge is 0.167 e. The highest BCUT2D eigenvalue weighted by Crippen LogP contribution is 2.19. The van der Waals surface area contributed by atoms with Crippen LogP contribution in [-0.4, -0.2) is 18.2 Å². The number of hydrogen-bond donors (Lipinski definition) is 0. The van der Waals surface area contributed by atoms with Gasteiger partial charge in [-0.3, -0.25) is 9.59 Å². The molecular weight excluding hydrogens is 192 g/mol. The molecular formula is C12H14O3. The van der Waals surface area contributed by atoms with Gasteiger partial charge in [0.2, 0.25) is 0 Å². The summed E-state index contributed by atoms with van der Waals surface area (Å²) in [6.07, 6.45) is 0. The second-order valence-corrected chi connectivity index (χ2v) is 3.53. The molecule has 0 unspecified atom stereocenters. The first-order valence-corrected chi connectivity index (χ1v) is 4.74. The summed E-state index contributed by atoms with van der Waals surface area (Å²) >= 11 is 0. The van der Waals surface area contributed by atoms with Gasteiger partial charge in [-0.25, -0.2) is 0 Å². The summed E-state index contributed by atoms with van der Waals surface area (Å²) in [6, 6.07) is 5.18. The Morgan fingerprint density at radius 1 is 1.27 bits per heavy atom. The number of ether oxygens (including phenoxy) is 1. The van der Waals surface area contributed by atoms with Crippen LogP contribution >= 0.6 is 0 Å². The summed E-state index contributed by atoms with van der Waals surface area (Å²) in [7, 11) is 0. The highest BCUT2D eigenvalue weighted by atomic mass is 16.5. The zero-order valence-electron chi connectivity index (χ0n) is 9.16. The van der Waals surface area contributed by atoms with Crippen molar-refractivity contribution in [1.82, 2.24) is 0 Å². The van der Waals surface area contributed by atoms with Crippen molar-refractivity contribution in [2.24, 2.45) is 0 Å². The van der Waals surface area contributed by atoms with E-state index < -0.39 is 0 Å². The van der Waals surface area contributed by atoms with Crippen molar-refractivity contribution >= 4 is 11.6 Å². The van der Waals surface area contributed by atoms with Gasteiger partial charge in [0.1, 0.15) is 12.4 Å². The minimum atomic E-state index is -0.0231. The number of carbonyl (C=O) groups excluding carboxylic acids is 2. The molecule has 0 aromatic heterocycles. The number of rotatable bonds is 4. The maximum Gasteiger partial charge on any atom is 0.167 e. The summed E-state index contributed by atoms with van der Waals surface area (Å²) in [4.78, 5) is 21.8. The Balaban J connectivity index is 2.83. The maximum atomic E-state index is 11.1. The lowest BCUT2D eigenvalue weighted by molar-refractivity contribution is -0.118. The summed E-state index contributed by atoms with van der Waals surface area (Å²) in [5, 5.41) is 0. The fourth-order valence-electron chi connectivity index (χ4n) is 1.21. The van der Waals surface area contributed by atoms with E-state index in [-0.39, 0.29) is 18.2 Å². The minimum Gasteiger partial charge on any atom is -0.486 e. The minimum absolute atomic E-state index is 0.0231. The molecule has 0 fully saturated rings. The van der Waals surface area contributed by atoms with Crippen molar-refractivity contribution in [3.8, 4) is 5.75 Å². The molecule has 0 radical (unpaired) electrons. The van der Waals surface area contributed by atoms with E-state index >= 15 is 0 Å². The monoisotopic (exact) mass is 206 g/mol.